The van der Waals surface area contributed by atoms with Crippen LogP contribution in [0.4, 0.5) is 16.2 Å². The number of halogens is 2. The van der Waals surface area contributed by atoms with Gasteiger partial charge in [0.05, 0.1) is 27.2 Å². The second kappa shape index (κ2) is 6.36. The third-order valence-electron chi connectivity index (χ3n) is 3.14. The van der Waals surface area contributed by atoms with Gasteiger partial charge in [0.25, 0.3) is 5.69 Å². The summed E-state index contributed by atoms with van der Waals surface area (Å²) in [5.74, 6) is 0. The summed E-state index contributed by atoms with van der Waals surface area (Å²) in [5.41, 5.74) is 0.335. The van der Waals surface area contributed by atoms with Gasteiger partial charge in [-0.15, -0.1) is 0 Å². The molecule has 1 amide bonds. The van der Waals surface area contributed by atoms with Crippen LogP contribution in [0.1, 0.15) is 0 Å². The molecular weight excluding hydrogens is 321 g/mol. The summed E-state index contributed by atoms with van der Waals surface area (Å²) < 4.78 is 4.83. The van der Waals surface area contributed by atoms with Gasteiger partial charge in [-0.2, -0.15) is 0 Å². The van der Waals surface area contributed by atoms with E-state index in [2.05, 4.69) is 0 Å². The molecule has 1 aliphatic rings. The summed E-state index contributed by atoms with van der Waals surface area (Å²) in [6, 6.07) is 2.51. The van der Waals surface area contributed by atoms with E-state index in [1.165, 1.54) is 12.1 Å². The molecule has 0 N–H and O–H groups in total. The number of ether oxygens (including phenoxy) is 1. The first kappa shape index (κ1) is 15.7. The number of amides is 1. The van der Waals surface area contributed by atoms with E-state index in [0.717, 1.165) is 0 Å². The van der Waals surface area contributed by atoms with Gasteiger partial charge >= 0.3 is 6.09 Å². The summed E-state index contributed by atoms with van der Waals surface area (Å²) in [4.78, 5) is 24.8. The van der Waals surface area contributed by atoms with Crippen LogP contribution < -0.4 is 4.90 Å². The van der Waals surface area contributed by atoms with Gasteiger partial charge in [-0.05, 0) is 0 Å². The van der Waals surface area contributed by atoms with Crippen molar-refractivity contribution in [2.24, 2.45) is 0 Å². The predicted octanol–water partition coefficient (Wildman–Crippen LogP) is 2.79. The van der Waals surface area contributed by atoms with Crippen LogP contribution >= 0.6 is 23.2 Å². The Bertz CT molecular complexity index is 559. The van der Waals surface area contributed by atoms with Crippen LogP contribution in [0.25, 0.3) is 0 Å². The number of non-ortho nitro benzene ring substituents is 1. The van der Waals surface area contributed by atoms with Crippen LogP contribution in [0.5, 0.6) is 0 Å². The van der Waals surface area contributed by atoms with Gasteiger partial charge in [-0.25, -0.2) is 4.79 Å². The Hall–Kier alpha value is -1.73. The van der Waals surface area contributed by atoms with Gasteiger partial charge in [-0.1, -0.05) is 23.2 Å². The van der Waals surface area contributed by atoms with Gasteiger partial charge in [0.2, 0.25) is 0 Å². The van der Waals surface area contributed by atoms with Gasteiger partial charge in [-0.3, -0.25) is 10.1 Å². The largest absolute Gasteiger partial charge is 0.448 e. The molecule has 0 aliphatic carbocycles. The van der Waals surface area contributed by atoms with Gasteiger partial charge in [0.15, 0.2) is 0 Å². The predicted molar refractivity (Wildman–Crippen MR) is 79.3 cm³/mol. The fourth-order valence-corrected chi connectivity index (χ4v) is 2.80. The highest BCUT2D eigenvalue weighted by molar-refractivity contribution is 6.39. The molecule has 1 aromatic carbocycles. The zero-order chi connectivity index (χ0) is 15.6. The second-order valence-corrected chi connectivity index (χ2v) is 5.35. The lowest BCUT2D eigenvalue weighted by Gasteiger charge is -2.24. The molecule has 1 fully saturated rings. The van der Waals surface area contributed by atoms with Crippen LogP contribution in [0.2, 0.25) is 10.0 Å². The molecule has 0 spiro atoms. The summed E-state index contributed by atoms with van der Waals surface area (Å²) in [5, 5.41) is 11.1. The maximum atomic E-state index is 11.3. The number of likely N-dealkylation sites (N-methyl/N-ethyl adjacent to an activating group) is 1. The molecule has 7 nitrogen and oxygen atoms in total. The van der Waals surface area contributed by atoms with E-state index in [1.54, 1.807) is 16.8 Å². The Morgan fingerprint density at radius 2 is 2.05 bits per heavy atom. The highest BCUT2D eigenvalue weighted by Gasteiger charge is 2.23. The number of cyclic esters (lactones) is 1. The van der Waals surface area contributed by atoms with Crippen LogP contribution in [-0.4, -0.2) is 49.2 Å². The van der Waals surface area contributed by atoms with Gasteiger partial charge in [0, 0.05) is 32.3 Å². The first-order chi connectivity index (χ1) is 9.90. The van der Waals surface area contributed by atoms with Crippen LogP contribution in [0, 0.1) is 10.1 Å². The van der Waals surface area contributed by atoms with Crippen molar-refractivity contribution in [1.82, 2.24) is 4.90 Å². The quantitative estimate of drug-likeness (QED) is 0.611. The number of nitro benzene ring substituents is 1. The van der Waals surface area contributed by atoms with Crippen molar-refractivity contribution >= 4 is 40.7 Å². The Morgan fingerprint density at radius 1 is 1.43 bits per heavy atom. The minimum absolute atomic E-state index is 0.162. The van der Waals surface area contributed by atoms with E-state index >= 15 is 0 Å². The fourth-order valence-electron chi connectivity index (χ4n) is 2.03. The van der Waals surface area contributed by atoms with Gasteiger partial charge < -0.3 is 14.5 Å². The van der Waals surface area contributed by atoms with E-state index in [0.29, 0.717) is 31.9 Å². The maximum Gasteiger partial charge on any atom is 0.409 e. The van der Waals surface area contributed by atoms with E-state index in [4.69, 9.17) is 27.9 Å². The molecule has 1 heterocycles. The molecule has 0 radical (unpaired) electrons. The average Bonchev–Trinajstić information content (AvgIpc) is 2.81. The Morgan fingerprint density at radius 3 is 2.52 bits per heavy atom. The topological polar surface area (TPSA) is 75.9 Å². The van der Waals surface area contributed by atoms with Crippen molar-refractivity contribution in [2.75, 3.05) is 38.2 Å². The lowest BCUT2D eigenvalue weighted by atomic mass is 10.2. The molecule has 21 heavy (non-hydrogen) atoms. The number of carbonyl (C=O) groups is 1. The number of benzene rings is 1. The number of hydrogen-bond acceptors (Lipinski definition) is 5. The molecule has 1 saturated heterocycles. The zero-order valence-corrected chi connectivity index (χ0v) is 12.7. The minimum Gasteiger partial charge on any atom is -0.448 e. The third-order valence-corrected chi connectivity index (χ3v) is 3.72. The van der Waals surface area contributed by atoms with Crippen molar-refractivity contribution in [3.8, 4) is 0 Å². The van der Waals surface area contributed by atoms with Crippen molar-refractivity contribution in [3.63, 3.8) is 0 Å². The Kier molecular flexibility index (Phi) is 4.74. The molecule has 0 bridgehead atoms. The third kappa shape index (κ3) is 3.48. The molecule has 0 atom stereocenters. The standard InChI is InChI=1S/C12H13Cl2N3O4/c1-15(2-3-16-4-5-21-12(16)18)11-9(13)6-8(17(19)20)7-10(11)14/h6-7H,2-5H2,1H3. The molecule has 0 aromatic heterocycles. The monoisotopic (exact) mass is 333 g/mol. The molecule has 114 valence electrons. The smallest absolute Gasteiger partial charge is 0.409 e. The number of nitro groups is 1. The average molecular weight is 334 g/mol. The minimum atomic E-state index is -0.554. The van der Waals surface area contributed by atoms with E-state index in [9.17, 15) is 14.9 Å². The summed E-state index contributed by atoms with van der Waals surface area (Å²) in [6.07, 6.45) is -0.343. The van der Waals surface area contributed by atoms with Crippen molar-refractivity contribution in [2.45, 2.75) is 0 Å². The molecule has 1 aromatic rings. The van der Waals surface area contributed by atoms with E-state index in [1.807, 2.05) is 0 Å². The first-order valence-corrected chi connectivity index (χ1v) is 6.92. The summed E-state index contributed by atoms with van der Waals surface area (Å²) in [7, 11) is 1.75. The lowest BCUT2D eigenvalue weighted by Crippen LogP contribution is -2.34. The normalized spacial score (nSPS) is 14.2. The van der Waals surface area contributed by atoms with Crippen molar-refractivity contribution < 1.29 is 14.5 Å². The van der Waals surface area contributed by atoms with Crippen molar-refractivity contribution in [1.29, 1.82) is 0 Å². The van der Waals surface area contributed by atoms with Crippen LogP contribution in [-0.2, 0) is 4.74 Å². The Balaban J connectivity index is 2.10. The first-order valence-electron chi connectivity index (χ1n) is 6.16. The van der Waals surface area contributed by atoms with Crippen LogP contribution in [0.15, 0.2) is 12.1 Å². The maximum absolute atomic E-state index is 11.3. The highest BCUT2D eigenvalue weighted by atomic mass is 35.5. The van der Waals surface area contributed by atoms with Gasteiger partial charge in [0.1, 0.15) is 6.61 Å². The Labute approximate surface area is 131 Å². The van der Waals surface area contributed by atoms with E-state index < -0.39 is 4.92 Å². The molecular formula is C12H13Cl2N3O4. The fraction of sp³-hybridized carbons (Fsp3) is 0.417. The number of hydrogen-bond donors (Lipinski definition) is 0. The highest BCUT2D eigenvalue weighted by Crippen LogP contribution is 2.36. The summed E-state index contributed by atoms with van der Waals surface area (Å²) in [6.45, 7) is 1.88. The second-order valence-electron chi connectivity index (χ2n) is 4.54. The van der Waals surface area contributed by atoms with Crippen molar-refractivity contribution in [3.05, 3.63) is 32.3 Å². The number of anilines is 1. The molecule has 0 saturated carbocycles. The number of rotatable bonds is 5. The molecule has 0 unspecified atom stereocenters. The van der Waals surface area contributed by atoms with Crippen LogP contribution in [0.3, 0.4) is 0 Å². The number of carbonyl (C=O) groups excluding carboxylic acids is 1. The molecule has 9 heteroatoms. The summed E-state index contributed by atoms with van der Waals surface area (Å²) >= 11 is 12.1. The SMILES string of the molecule is CN(CCN1CCOC1=O)c1c(Cl)cc([N+](=O)[O-])cc1Cl. The molecule has 1 aliphatic heterocycles. The lowest BCUT2D eigenvalue weighted by molar-refractivity contribution is -0.384. The molecule has 2 rings (SSSR count). The zero-order valence-electron chi connectivity index (χ0n) is 11.2. The van der Waals surface area contributed by atoms with E-state index in [-0.39, 0.29) is 21.8 Å². The number of nitrogens with zero attached hydrogens (tertiary/aromatic N) is 3.